The summed E-state index contributed by atoms with van der Waals surface area (Å²) in [5.74, 6) is 0.814. The number of rotatable bonds is 7. The van der Waals surface area contributed by atoms with Gasteiger partial charge in [0.2, 0.25) is 0 Å². The van der Waals surface area contributed by atoms with Crippen molar-refractivity contribution in [2.45, 2.75) is 13.3 Å². The molecule has 0 aliphatic carbocycles. The van der Waals surface area contributed by atoms with Gasteiger partial charge in [0.25, 0.3) is 0 Å². The molecular weight excluding hydrogens is 192 g/mol. The Hall–Kier alpha value is -1.20. The second-order valence-electron chi connectivity index (χ2n) is 3.30. The van der Waals surface area contributed by atoms with Crippen LogP contribution in [0.15, 0.2) is 12.3 Å². The molecule has 3 N–H and O–H groups in total. The van der Waals surface area contributed by atoms with Crippen molar-refractivity contribution >= 4 is 5.82 Å². The molecule has 1 aromatic rings. The van der Waals surface area contributed by atoms with Crippen LogP contribution in [0, 0.1) is 6.92 Å². The van der Waals surface area contributed by atoms with Gasteiger partial charge in [0.1, 0.15) is 5.82 Å². The van der Waals surface area contributed by atoms with Crippen molar-refractivity contribution in [3.63, 3.8) is 0 Å². The maximum atomic E-state index is 5.29. The highest BCUT2D eigenvalue weighted by atomic mass is 16.5. The van der Waals surface area contributed by atoms with E-state index in [4.69, 9.17) is 10.5 Å². The molecule has 15 heavy (non-hydrogen) atoms. The Bertz CT molecular complexity index is 280. The van der Waals surface area contributed by atoms with Gasteiger partial charge in [-0.1, -0.05) is 0 Å². The molecular formula is C10H18N4O. The van der Waals surface area contributed by atoms with E-state index < -0.39 is 0 Å². The molecule has 0 bridgehead atoms. The molecule has 0 saturated carbocycles. The van der Waals surface area contributed by atoms with Gasteiger partial charge in [0, 0.05) is 19.7 Å². The monoisotopic (exact) mass is 210 g/mol. The largest absolute Gasteiger partial charge is 0.380 e. The number of hydrogen-bond acceptors (Lipinski definition) is 5. The van der Waals surface area contributed by atoms with Crippen LogP contribution in [0.2, 0.25) is 0 Å². The summed E-state index contributed by atoms with van der Waals surface area (Å²) < 4.78 is 5.24. The van der Waals surface area contributed by atoms with Crippen molar-refractivity contribution in [2.24, 2.45) is 5.73 Å². The number of ether oxygens (including phenoxy) is 1. The lowest BCUT2D eigenvalue weighted by Crippen LogP contribution is -2.12. The van der Waals surface area contributed by atoms with Crippen LogP contribution in [0.1, 0.15) is 12.0 Å². The molecule has 0 fully saturated rings. The molecule has 0 spiro atoms. The summed E-state index contributed by atoms with van der Waals surface area (Å²) in [5, 5.41) is 11.0. The summed E-state index contributed by atoms with van der Waals surface area (Å²) in [7, 11) is 0. The van der Waals surface area contributed by atoms with Crippen LogP contribution in [0.5, 0.6) is 0 Å². The van der Waals surface area contributed by atoms with Gasteiger partial charge in [-0.05, 0) is 25.0 Å². The van der Waals surface area contributed by atoms with Crippen molar-refractivity contribution in [2.75, 3.05) is 31.6 Å². The smallest absolute Gasteiger partial charge is 0.148 e. The fourth-order valence-electron chi connectivity index (χ4n) is 1.13. The lowest BCUT2D eigenvalue weighted by molar-refractivity contribution is 0.141. The fraction of sp³-hybridized carbons (Fsp3) is 0.600. The van der Waals surface area contributed by atoms with Crippen LogP contribution in [0.3, 0.4) is 0 Å². The van der Waals surface area contributed by atoms with Gasteiger partial charge in [-0.25, -0.2) is 0 Å². The van der Waals surface area contributed by atoms with E-state index in [1.54, 1.807) is 6.20 Å². The molecule has 0 saturated heterocycles. The minimum absolute atomic E-state index is 0.580. The van der Waals surface area contributed by atoms with E-state index in [2.05, 4.69) is 15.5 Å². The van der Waals surface area contributed by atoms with Crippen LogP contribution >= 0.6 is 0 Å². The molecule has 1 aromatic heterocycles. The van der Waals surface area contributed by atoms with E-state index in [0.29, 0.717) is 13.2 Å². The zero-order valence-corrected chi connectivity index (χ0v) is 9.07. The van der Waals surface area contributed by atoms with Gasteiger partial charge in [-0.15, -0.1) is 5.10 Å². The maximum absolute atomic E-state index is 5.29. The molecule has 0 unspecified atom stereocenters. The third-order valence-electron chi connectivity index (χ3n) is 1.82. The standard InChI is InChI=1S/C10H18N4O/c1-9-7-10(14-13-8-9)12-4-2-5-15-6-3-11/h7-8H,2-6,11H2,1H3,(H,12,14). The third-order valence-corrected chi connectivity index (χ3v) is 1.82. The van der Waals surface area contributed by atoms with Crippen LogP contribution in [-0.2, 0) is 4.74 Å². The number of aryl methyl sites for hydroxylation is 1. The maximum Gasteiger partial charge on any atom is 0.148 e. The van der Waals surface area contributed by atoms with Crippen molar-refractivity contribution in [1.82, 2.24) is 10.2 Å². The molecule has 5 nitrogen and oxygen atoms in total. The first-order valence-electron chi connectivity index (χ1n) is 5.14. The normalized spacial score (nSPS) is 10.3. The van der Waals surface area contributed by atoms with Crippen molar-refractivity contribution < 1.29 is 4.74 Å². The van der Waals surface area contributed by atoms with E-state index in [0.717, 1.165) is 31.0 Å². The summed E-state index contributed by atoms with van der Waals surface area (Å²) in [5.41, 5.74) is 6.40. The summed E-state index contributed by atoms with van der Waals surface area (Å²) >= 11 is 0. The zero-order chi connectivity index (χ0) is 10.9. The Morgan fingerprint density at radius 3 is 3.07 bits per heavy atom. The first-order chi connectivity index (χ1) is 7.33. The Morgan fingerprint density at radius 2 is 2.33 bits per heavy atom. The molecule has 0 aliphatic rings. The summed E-state index contributed by atoms with van der Waals surface area (Å²) in [6.07, 6.45) is 2.67. The summed E-state index contributed by atoms with van der Waals surface area (Å²) in [4.78, 5) is 0. The average Bonchev–Trinajstić information content (AvgIpc) is 2.23. The predicted octanol–water partition coefficient (Wildman–Crippen LogP) is 0.562. The molecule has 5 heteroatoms. The second-order valence-corrected chi connectivity index (χ2v) is 3.30. The van der Waals surface area contributed by atoms with E-state index in [1.807, 2.05) is 13.0 Å². The minimum atomic E-state index is 0.580. The Labute approximate surface area is 90.0 Å². The molecule has 1 rings (SSSR count). The SMILES string of the molecule is Cc1cnnc(NCCCOCCN)c1. The van der Waals surface area contributed by atoms with Crippen LogP contribution in [0.4, 0.5) is 5.82 Å². The topological polar surface area (TPSA) is 73.1 Å². The molecule has 84 valence electrons. The van der Waals surface area contributed by atoms with Gasteiger partial charge < -0.3 is 15.8 Å². The highest BCUT2D eigenvalue weighted by molar-refractivity contribution is 5.34. The fourth-order valence-corrected chi connectivity index (χ4v) is 1.13. The molecule has 0 amide bonds. The highest BCUT2D eigenvalue weighted by Gasteiger charge is 1.94. The lowest BCUT2D eigenvalue weighted by atomic mass is 10.3. The molecule has 0 aliphatic heterocycles. The van der Waals surface area contributed by atoms with E-state index in [9.17, 15) is 0 Å². The molecule has 1 heterocycles. The number of nitrogens with zero attached hydrogens (tertiary/aromatic N) is 2. The average molecular weight is 210 g/mol. The number of nitrogens with one attached hydrogen (secondary N) is 1. The first kappa shape index (κ1) is 11.9. The summed E-state index contributed by atoms with van der Waals surface area (Å²) in [6, 6.07) is 1.97. The molecule has 0 atom stereocenters. The van der Waals surface area contributed by atoms with Crippen molar-refractivity contribution in [3.05, 3.63) is 17.8 Å². The van der Waals surface area contributed by atoms with Gasteiger partial charge in [-0.2, -0.15) is 5.10 Å². The van der Waals surface area contributed by atoms with E-state index >= 15 is 0 Å². The second kappa shape index (κ2) is 7.14. The molecule has 0 aromatic carbocycles. The Kier molecular flexibility index (Phi) is 5.65. The van der Waals surface area contributed by atoms with Crippen LogP contribution in [0.25, 0.3) is 0 Å². The van der Waals surface area contributed by atoms with Gasteiger partial charge >= 0.3 is 0 Å². The van der Waals surface area contributed by atoms with Crippen molar-refractivity contribution in [3.8, 4) is 0 Å². The van der Waals surface area contributed by atoms with Crippen LogP contribution in [-0.4, -0.2) is 36.5 Å². The molecule has 0 radical (unpaired) electrons. The van der Waals surface area contributed by atoms with Gasteiger partial charge in [0.05, 0.1) is 12.8 Å². The van der Waals surface area contributed by atoms with E-state index in [1.165, 1.54) is 0 Å². The predicted molar refractivity (Wildman–Crippen MR) is 59.7 cm³/mol. The Morgan fingerprint density at radius 1 is 1.47 bits per heavy atom. The van der Waals surface area contributed by atoms with Crippen molar-refractivity contribution in [1.29, 1.82) is 0 Å². The minimum Gasteiger partial charge on any atom is -0.380 e. The Balaban J connectivity index is 2.10. The third kappa shape index (κ3) is 5.29. The summed E-state index contributed by atoms with van der Waals surface area (Å²) in [6.45, 7) is 4.76. The van der Waals surface area contributed by atoms with E-state index in [-0.39, 0.29) is 0 Å². The zero-order valence-electron chi connectivity index (χ0n) is 9.07. The quantitative estimate of drug-likeness (QED) is 0.643. The number of hydrogen-bond donors (Lipinski definition) is 2. The van der Waals surface area contributed by atoms with Crippen LogP contribution < -0.4 is 11.1 Å². The first-order valence-corrected chi connectivity index (χ1v) is 5.14. The van der Waals surface area contributed by atoms with Gasteiger partial charge in [0.15, 0.2) is 0 Å². The highest BCUT2D eigenvalue weighted by Crippen LogP contribution is 2.02. The van der Waals surface area contributed by atoms with Gasteiger partial charge in [-0.3, -0.25) is 0 Å². The number of anilines is 1. The number of nitrogens with two attached hydrogens (primary N) is 1. The lowest BCUT2D eigenvalue weighted by Gasteiger charge is -2.05. The number of aromatic nitrogens is 2.